The van der Waals surface area contributed by atoms with Gasteiger partial charge in [-0.1, -0.05) is 18.2 Å². The van der Waals surface area contributed by atoms with E-state index in [1.807, 2.05) is 38.1 Å². The Morgan fingerprint density at radius 3 is 2.62 bits per heavy atom. The topological polar surface area (TPSA) is 30.5 Å². The van der Waals surface area contributed by atoms with Gasteiger partial charge in [0.2, 0.25) is 0 Å². The predicted molar refractivity (Wildman–Crippen MR) is 82.5 cm³/mol. The SMILES string of the molecule is COc1ccc(F)c(NCc2ccccc2OC(C)C)c1. The van der Waals surface area contributed by atoms with E-state index in [2.05, 4.69) is 5.32 Å². The third-order valence-electron chi connectivity index (χ3n) is 2.98. The highest BCUT2D eigenvalue weighted by Gasteiger charge is 2.07. The van der Waals surface area contributed by atoms with Gasteiger partial charge in [0.25, 0.3) is 0 Å². The summed E-state index contributed by atoms with van der Waals surface area (Å²) in [7, 11) is 1.56. The van der Waals surface area contributed by atoms with Gasteiger partial charge < -0.3 is 14.8 Å². The molecular formula is C17H20FNO2. The van der Waals surface area contributed by atoms with Gasteiger partial charge in [0, 0.05) is 18.2 Å². The van der Waals surface area contributed by atoms with E-state index in [0.29, 0.717) is 18.0 Å². The third kappa shape index (κ3) is 4.12. The fraction of sp³-hybridized carbons (Fsp3) is 0.294. The maximum absolute atomic E-state index is 13.8. The molecule has 0 radical (unpaired) electrons. The number of para-hydroxylation sites is 1. The molecule has 3 nitrogen and oxygen atoms in total. The Balaban J connectivity index is 2.13. The lowest BCUT2D eigenvalue weighted by atomic mass is 10.2. The molecule has 21 heavy (non-hydrogen) atoms. The maximum Gasteiger partial charge on any atom is 0.146 e. The number of methoxy groups -OCH3 is 1. The number of hydrogen-bond donors (Lipinski definition) is 1. The van der Waals surface area contributed by atoms with Gasteiger partial charge in [-0.3, -0.25) is 0 Å². The Hall–Kier alpha value is -2.23. The van der Waals surface area contributed by atoms with Crippen LogP contribution >= 0.6 is 0 Å². The van der Waals surface area contributed by atoms with E-state index < -0.39 is 0 Å². The summed E-state index contributed by atoms with van der Waals surface area (Å²) in [5, 5.41) is 3.08. The Morgan fingerprint density at radius 2 is 1.90 bits per heavy atom. The van der Waals surface area contributed by atoms with Crippen LogP contribution in [0.1, 0.15) is 19.4 Å². The minimum atomic E-state index is -0.307. The monoisotopic (exact) mass is 289 g/mol. The highest BCUT2D eigenvalue weighted by Crippen LogP contribution is 2.24. The molecule has 1 N–H and O–H groups in total. The molecular weight excluding hydrogens is 269 g/mol. The molecule has 0 amide bonds. The van der Waals surface area contributed by atoms with Crippen LogP contribution in [0.15, 0.2) is 42.5 Å². The summed E-state index contributed by atoms with van der Waals surface area (Å²) in [4.78, 5) is 0. The lowest BCUT2D eigenvalue weighted by Gasteiger charge is -2.15. The molecule has 0 heterocycles. The van der Waals surface area contributed by atoms with Crippen molar-refractivity contribution in [3.05, 3.63) is 53.8 Å². The first kappa shape index (κ1) is 15.2. The smallest absolute Gasteiger partial charge is 0.146 e. The molecule has 0 unspecified atom stereocenters. The predicted octanol–water partition coefficient (Wildman–Crippen LogP) is 4.23. The van der Waals surface area contributed by atoms with Crippen molar-refractivity contribution in [1.82, 2.24) is 0 Å². The molecule has 2 aromatic rings. The molecule has 0 saturated carbocycles. The molecule has 2 rings (SSSR count). The van der Waals surface area contributed by atoms with E-state index >= 15 is 0 Å². The van der Waals surface area contributed by atoms with Crippen molar-refractivity contribution in [2.75, 3.05) is 12.4 Å². The number of halogens is 1. The van der Waals surface area contributed by atoms with Crippen LogP contribution in [0.3, 0.4) is 0 Å². The minimum absolute atomic E-state index is 0.0969. The molecule has 0 saturated heterocycles. The lowest BCUT2D eigenvalue weighted by molar-refractivity contribution is 0.240. The van der Waals surface area contributed by atoms with Crippen LogP contribution in [-0.4, -0.2) is 13.2 Å². The van der Waals surface area contributed by atoms with Crippen molar-refractivity contribution >= 4 is 5.69 Å². The summed E-state index contributed by atoms with van der Waals surface area (Å²) >= 11 is 0. The molecule has 0 aliphatic heterocycles. The van der Waals surface area contributed by atoms with Crippen LogP contribution in [0.2, 0.25) is 0 Å². The van der Waals surface area contributed by atoms with Crippen molar-refractivity contribution in [2.24, 2.45) is 0 Å². The third-order valence-corrected chi connectivity index (χ3v) is 2.98. The molecule has 0 aromatic heterocycles. The van der Waals surface area contributed by atoms with Gasteiger partial charge in [-0.25, -0.2) is 4.39 Å². The quantitative estimate of drug-likeness (QED) is 0.863. The van der Waals surface area contributed by atoms with Gasteiger partial charge in [-0.15, -0.1) is 0 Å². The summed E-state index contributed by atoms with van der Waals surface area (Å²) in [6.07, 6.45) is 0.0969. The van der Waals surface area contributed by atoms with E-state index in [-0.39, 0.29) is 11.9 Å². The average molecular weight is 289 g/mol. The second-order valence-electron chi connectivity index (χ2n) is 4.97. The average Bonchev–Trinajstić information content (AvgIpc) is 2.47. The van der Waals surface area contributed by atoms with Crippen LogP contribution in [-0.2, 0) is 6.54 Å². The van der Waals surface area contributed by atoms with E-state index in [9.17, 15) is 4.39 Å². The second-order valence-corrected chi connectivity index (χ2v) is 4.97. The van der Waals surface area contributed by atoms with Crippen LogP contribution in [0.5, 0.6) is 11.5 Å². The Morgan fingerprint density at radius 1 is 1.14 bits per heavy atom. The van der Waals surface area contributed by atoms with E-state index in [4.69, 9.17) is 9.47 Å². The summed E-state index contributed by atoms with van der Waals surface area (Å²) in [5.41, 5.74) is 1.39. The maximum atomic E-state index is 13.8. The van der Waals surface area contributed by atoms with Crippen LogP contribution in [0.25, 0.3) is 0 Å². The zero-order valence-corrected chi connectivity index (χ0v) is 12.5. The number of anilines is 1. The fourth-order valence-corrected chi connectivity index (χ4v) is 1.98. The van der Waals surface area contributed by atoms with Crippen molar-refractivity contribution in [2.45, 2.75) is 26.5 Å². The van der Waals surface area contributed by atoms with Gasteiger partial charge in [0.05, 0.1) is 18.9 Å². The highest BCUT2D eigenvalue weighted by atomic mass is 19.1. The Labute approximate surface area is 124 Å². The Bertz CT molecular complexity index is 599. The van der Waals surface area contributed by atoms with E-state index in [1.54, 1.807) is 19.2 Å². The molecule has 4 heteroatoms. The van der Waals surface area contributed by atoms with Gasteiger partial charge in [0.1, 0.15) is 17.3 Å². The van der Waals surface area contributed by atoms with Gasteiger partial charge in [-0.2, -0.15) is 0 Å². The fourth-order valence-electron chi connectivity index (χ4n) is 1.98. The molecule has 0 bridgehead atoms. The molecule has 0 fully saturated rings. The first-order valence-electron chi connectivity index (χ1n) is 6.92. The first-order chi connectivity index (χ1) is 10.1. The van der Waals surface area contributed by atoms with Crippen molar-refractivity contribution in [3.63, 3.8) is 0 Å². The van der Waals surface area contributed by atoms with E-state index in [0.717, 1.165) is 11.3 Å². The van der Waals surface area contributed by atoms with Gasteiger partial charge in [0.15, 0.2) is 0 Å². The molecule has 0 spiro atoms. The number of ether oxygens (including phenoxy) is 2. The normalized spacial score (nSPS) is 10.5. The summed E-state index contributed by atoms with van der Waals surface area (Å²) in [6.45, 7) is 4.44. The zero-order chi connectivity index (χ0) is 15.2. The lowest BCUT2D eigenvalue weighted by Crippen LogP contribution is -2.09. The van der Waals surface area contributed by atoms with Crippen molar-refractivity contribution in [3.8, 4) is 11.5 Å². The Kier molecular flexibility index (Phi) is 5.04. The number of hydrogen-bond acceptors (Lipinski definition) is 3. The standard InChI is InChI=1S/C17H20FNO2/c1-12(2)21-17-7-5-4-6-13(17)11-19-16-10-14(20-3)8-9-15(16)18/h4-10,12,19H,11H2,1-3H3. The van der Waals surface area contributed by atoms with Crippen molar-refractivity contribution < 1.29 is 13.9 Å². The largest absolute Gasteiger partial charge is 0.497 e. The first-order valence-corrected chi connectivity index (χ1v) is 6.92. The molecule has 0 aliphatic rings. The van der Waals surface area contributed by atoms with E-state index in [1.165, 1.54) is 6.07 Å². The second kappa shape index (κ2) is 6.97. The molecule has 0 aliphatic carbocycles. The number of nitrogens with one attached hydrogen (secondary N) is 1. The highest BCUT2D eigenvalue weighted by molar-refractivity contribution is 5.50. The van der Waals surface area contributed by atoms with Gasteiger partial charge in [-0.05, 0) is 32.0 Å². The number of rotatable bonds is 6. The summed E-state index contributed by atoms with van der Waals surface area (Å²) < 4.78 is 24.6. The summed E-state index contributed by atoms with van der Waals surface area (Å²) in [5.74, 6) is 1.12. The zero-order valence-electron chi connectivity index (χ0n) is 12.5. The van der Waals surface area contributed by atoms with Crippen molar-refractivity contribution in [1.29, 1.82) is 0 Å². The minimum Gasteiger partial charge on any atom is -0.497 e. The molecule has 0 atom stereocenters. The molecule has 2 aromatic carbocycles. The summed E-state index contributed by atoms with van der Waals surface area (Å²) in [6, 6.07) is 12.4. The van der Waals surface area contributed by atoms with Crippen LogP contribution in [0, 0.1) is 5.82 Å². The van der Waals surface area contributed by atoms with Crippen LogP contribution < -0.4 is 14.8 Å². The van der Waals surface area contributed by atoms with Gasteiger partial charge >= 0.3 is 0 Å². The molecule has 112 valence electrons. The number of benzene rings is 2. The van der Waals surface area contributed by atoms with Crippen LogP contribution in [0.4, 0.5) is 10.1 Å².